The van der Waals surface area contributed by atoms with E-state index in [0.717, 1.165) is 4.74 Å². The van der Waals surface area contributed by atoms with Crippen LogP contribution in [0.25, 0.3) is 0 Å². The van der Waals surface area contributed by atoms with Gasteiger partial charge >= 0.3 is 182 Å². The van der Waals surface area contributed by atoms with Crippen LogP contribution < -0.4 is 10.8 Å². The van der Waals surface area contributed by atoms with E-state index < -0.39 is 223 Å². The number of hydrogen-bond acceptors (Lipinski definition) is 12. The number of rotatable bonds is 30. The Hall–Kier alpha value is -5.82. The molecule has 0 heterocycles. The number of carbonyl (C=O) groups is 1. The Labute approximate surface area is 553 Å². The number of alkyl halides is 59. The highest BCUT2D eigenvalue weighted by Crippen LogP contribution is 2.67. The predicted octanol–water partition coefficient (Wildman–Crippen LogP) is 17.5. The number of benzene rings is 1. The second kappa shape index (κ2) is 28.0. The van der Waals surface area contributed by atoms with E-state index in [0.29, 0.717) is 40.1 Å². The molecule has 1 aromatic carbocycles. The highest BCUT2D eigenvalue weighted by Gasteiger charge is 2.95. The third-order valence-corrected chi connectivity index (χ3v) is 11.4. The lowest BCUT2D eigenvalue weighted by atomic mass is 9.74. The van der Waals surface area contributed by atoms with Crippen LogP contribution in [0.4, 0.5) is 265 Å². The third-order valence-electron chi connectivity index (χ3n) is 11.4. The molecular weight excluding hydrogens is 1780 g/mol. The lowest BCUT2D eigenvalue weighted by Crippen LogP contribution is -2.74. The lowest BCUT2D eigenvalue weighted by Gasteiger charge is -2.46. The van der Waals surface area contributed by atoms with Gasteiger partial charge in [0.2, 0.25) is 5.91 Å². The fourth-order valence-electron chi connectivity index (χ4n) is 6.22. The summed E-state index contributed by atoms with van der Waals surface area (Å²) in [6.07, 6.45) is -184. The highest BCUT2D eigenvalue weighted by atomic mass is 19.5. The Morgan fingerprint density at radius 3 is 0.582 bits per heavy atom. The van der Waals surface area contributed by atoms with Crippen LogP contribution in [0.5, 0.6) is 0 Å². The highest BCUT2D eigenvalue weighted by molar-refractivity contribution is 6.59. The van der Waals surface area contributed by atoms with Crippen molar-refractivity contribution in [2.45, 2.75) is 182 Å². The Balaban J connectivity index is 4.56. The molecule has 0 spiro atoms. The molecule has 73 heteroatoms. The summed E-state index contributed by atoms with van der Waals surface area (Å²) in [7, 11) is -4.06. The summed E-state index contributed by atoms with van der Waals surface area (Å²) in [5, 5.41) is 20.0. The summed E-state index contributed by atoms with van der Waals surface area (Å²) in [6, 6.07) is -2.02. The molecule has 0 saturated carbocycles. The molecule has 110 heavy (non-hydrogen) atoms. The molecular formula is C37H9BF59NO12. The van der Waals surface area contributed by atoms with Crippen molar-refractivity contribution in [2.24, 2.45) is 0 Å². The quantitative estimate of drug-likeness (QED) is 0.0496. The molecule has 0 aliphatic heterocycles. The molecule has 0 saturated heterocycles. The van der Waals surface area contributed by atoms with Gasteiger partial charge in [-0.15, -0.1) is 0 Å². The van der Waals surface area contributed by atoms with Gasteiger partial charge in [0, 0.05) is 18.2 Å². The van der Waals surface area contributed by atoms with E-state index in [4.69, 9.17) is 0 Å². The van der Waals surface area contributed by atoms with Gasteiger partial charge in [0.05, 0.1) is 0 Å². The van der Waals surface area contributed by atoms with E-state index in [2.05, 4.69) is 0 Å². The van der Waals surface area contributed by atoms with Crippen LogP contribution in [-0.4, -0.2) is 193 Å². The number of hydrogen-bond donors (Lipinski definition) is 3. The lowest BCUT2D eigenvalue weighted by molar-refractivity contribution is -0.612. The zero-order chi connectivity index (χ0) is 89.6. The molecule has 0 aliphatic carbocycles. The molecule has 9 atom stereocenters. The first-order valence-electron chi connectivity index (χ1n) is 23.6. The topological polar surface area (TPSA) is 153 Å². The minimum atomic E-state index is -10.5. The summed E-state index contributed by atoms with van der Waals surface area (Å²) in [6.45, 7) is 0.360. The van der Waals surface area contributed by atoms with E-state index >= 15 is 57.1 Å². The number of anilines is 1. The summed E-state index contributed by atoms with van der Waals surface area (Å²) < 4.78 is 842. The fraction of sp³-hybridized carbons (Fsp3) is 0.811. The van der Waals surface area contributed by atoms with Gasteiger partial charge in [0.25, 0.3) is 0 Å². The van der Waals surface area contributed by atoms with Crippen LogP contribution >= 0.6 is 0 Å². The molecule has 1 amide bonds. The van der Waals surface area contributed by atoms with Crippen molar-refractivity contribution in [1.29, 1.82) is 0 Å². The number of nitrogens with one attached hydrogen (secondary N) is 1. The molecule has 13 nitrogen and oxygen atoms in total. The number of amides is 1. The number of carbonyl (C=O) groups excluding carboxylic acids is 1. The molecule has 0 aromatic heterocycles. The standard InChI is InChI=1S/C37H9BF59NO12/c1-5(99)98-6-2-3-7(8(4-6)38(100)101)9(39,19(50,51)52)102-30(82,83)11(42,21(56,57)58)104-32(86,87)13(44,23(62,63)64)106-34(90,91)15(46,25(68,69)70)108-36(94,95)17(48,27(74,75)76)110-37(96,97)18(49,28(77,78)79)109-35(92,93)16(47,26(71,72)73)107-33(88,89)14(45,24(65,66)67)105-31(84,85)12(43,22(59,60)61)103-29(80,81)10(40,41)20(53,54)55/h2-4,100-101H,1H3,(H,98,99). The summed E-state index contributed by atoms with van der Waals surface area (Å²) in [5.41, 5.74) is -7.37. The zero-order valence-corrected chi connectivity index (χ0v) is 47.6. The van der Waals surface area contributed by atoms with E-state index in [1.807, 2.05) is 0 Å². The molecule has 0 radical (unpaired) electrons. The summed E-state index contributed by atoms with van der Waals surface area (Å²) >= 11 is 0. The van der Waals surface area contributed by atoms with Gasteiger partial charge in [-0.2, -0.15) is 259 Å². The van der Waals surface area contributed by atoms with Gasteiger partial charge in [-0.05, 0) is 17.6 Å². The maximum absolute atomic E-state index is 15.7. The smallest absolute Gasteiger partial charge is 0.423 e. The van der Waals surface area contributed by atoms with Gasteiger partial charge in [0.1, 0.15) is 0 Å². The molecule has 0 aliphatic rings. The molecule has 1 rings (SSSR count). The first-order chi connectivity index (χ1) is 46.8. The van der Waals surface area contributed by atoms with Gasteiger partial charge in [-0.3, -0.25) is 47.4 Å². The fourth-order valence-corrected chi connectivity index (χ4v) is 6.22. The van der Waals surface area contributed by atoms with Crippen LogP contribution in [0.1, 0.15) is 12.5 Å². The van der Waals surface area contributed by atoms with Crippen molar-refractivity contribution >= 4 is 24.2 Å². The van der Waals surface area contributed by atoms with Crippen molar-refractivity contribution in [3.05, 3.63) is 23.8 Å². The van der Waals surface area contributed by atoms with Gasteiger partial charge in [0.15, 0.2) is 0 Å². The molecule has 1 aromatic rings. The Bertz CT molecular complexity index is 3390. The summed E-state index contributed by atoms with van der Waals surface area (Å²) in [4.78, 5) is 11.2. The Morgan fingerprint density at radius 2 is 0.436 bits per heavy atom. The second-order valence-electron chi connectivity index (χ2n) is 19.3. The van der Waals surface area contributed by atoms with Gasteiger partial charge in [-0.25, -0.2) is 0 Å². The molecule has 0 fully saturated rings. The average Bonchev–Trinajstić information content (AvgIpc) is 0.708. The van der Waals surface area contributed by atoms with Crippen molar-refractivity contribution in [3.63, 3.8) is 0 Å². The van der Waals surface area contributed by atoms with Crippen molar-refractivity contribution in [3.8, 4) is 0 Å². The molecule has 9 unspecified atom stereocenters. The number of ether oxygens (including phenoxy) is 9. The zero-order valence-electron chi connectivity index (χ0n) is 47.6. The van der Waals surface area contributed by atoms with E-state index in [9.17, 15) is 217 Å². The summed E-state index contributed by atoms with van der Waals surface area (Å²) in [5.74, 6) is -99.1. The van der Waals surface area contributed by atoms with E-state index in [-0.39, 0.29) is 0 Å². The first kappa shape index (κ1) is 102. The minimum absolute atomic E-state index is 0.351. The normalized spacial score (nSPS) is 20.4. The largest absolute Gasteiger partial charge is 0.489 e. The third kappa shape index (κ3) is 17.3. The van der Waals surface area contributed by atoms with Crippen molar-refractivity contribution in [1.82, 2.24) is 0 Å². The predicted molar refractivity (Wildman–Crippen MR) is 204 cm³/mol. The van der Waals surface area contributed by atoms with E-state index in [1.54, 1.807) is 4.74 Å². The first-order valence-corrected chi connectivity index (χ1v) is 23.6. The SMILES string of the molecule is CC(=O)Nc1ccc(C(F)(OC(F)(F)C(F)(OC(F)(F)C(F)(OC(F)(F)C(F)(OC(F)(F)C(F)(OC(F)(F)C(F)(OC(F)(F)C(F)(OC(F)(F)C(F)(OC(F)(F)C(F)(OC(F)(F)C(F)(F)C(F)(F)F)C(F)(F)F)C(F)(F)F)C(F)(F)F)C(F)(F)F)C(F)(F)F)C(F)(F)F)C(F)(F)F)C(F)(F)F)C(F)(F)F)c(B(O)O)c1. The average molecular weight is 1790 g/mol. The molecule has 0 bridgehead atoms. The maximum atomic E-state index is 15.7. The maximum Gasteiger partial charge on any atom is 0.489 e. The molecule has 650 valence electrons. The second-order valence-corrected chi connectivity index (χ2v) is 19.3. The monoisotopic (exact) mass is 1790 g/mol. The molecule has 3 N–H and O–H groups in total. The van der Waals surface area contributed by atoms with Crippen LogP contribution in [0.2, 0.25) is 0 Å². The van der Waals surface area contributed by atoms with Crippen LogP contribution in [-0.2, 0) is 53.3 Å². The van der Waals surface area contributed by atoms with Crippen molar-refractivity contribution < 1.29 is 317 Å². The van der Waals surface area contributed by atoms with Crippen LogP contribution in [0, 0.1) is 0 Å². The Kier molecular flexibility index (Phi) is 26.0. The Morgan fingerprint density at radius 1 is 0.264 bits per heavy atom. The van der Waals surface area contributed by atoms with Gasteiger partial charge < -0.3 is 15.4 Å². The number of halogens is 59. The van der Waals surface area contributed by atoms with Crippen LogP contribution in [0.15, 0.2) is 18.2 Å². The van der Waals surface area contributed by atoms with Crippen LogP contribution in [0.3, 0.4) is 0 Å². The minimum Gasteiger partial charge on any atom is -0.423 e. The van der Waals surface area contributed by atoms with Gasteiger partial charge in [-0.1, -0.05) is 6.07 Å². The van der Waals surface area contributed by atoms with E-state index in [1.165, 1.54) is 5.32 Å². The van der Waals surface area contributed by atoms with Crippen molar-refractivity contribution in [2.75, 3.05) is 5.32 Å².